The van der Waals surface area contributed by atoms with Gasteiger partial charge in [-0.1, -0.05) is 0 Å². The molecule has 0 bridgehead atoms. The average Bonchev–Trinajstić information content (AvgIpc) is 3.09. The Labute approximate surface area is 134 Å². The highest BCUT2D eigenvalue weighted by atomic mass is 31.2. The van der Waals surface area contributed by atoms with E-state index in [1.807, 2.05) is 0 Å². The monoisotopic (exact) mass is 361 g/mol. The lowest BCUT2D eigenvalue weighted by Crippen LogP contribution is -2.26. The maximum absolute atomic E-state index is 11.9. The summed E-state index contributed by atoms with van der Waals surface area (Å²) in [5.74, 6) is 0.231. The Hall–Kier alpha value is -1.82. The predicted molar refractivity (Wildman–Crippen MR) is 80.2 cm³/mol. The number of nitrogens with one attached hydrogen (secondary N) is 2. The first-order chi connectivity index (χ1) is 11.3. The molecule has 0 aliphatic carbocycles. The normalized spacial score (nSPS) is 24.6. The summed E-state index contributed by atoms with van der Waals surface area (Å²) < 4.78 is 22.7. The molecule has 0 saturated carbocycles. The number of anilines is 1. The number of ether oxygens (including phenoxy) is 1. The minimum absolute atomic E-state index is 0.0468. The molecule has 13 heteroatoms. The highest BCUT2D eigenvalue weighted by Gasteiger charge is 2.40. The molecule has 24 heavy (non-hydrogen) atoms. The van der Waals surface area contributed by atoms with Crippen LogP contribution in [0.1, 0.15) is 12.6 Å². The minimum Gasteiger partial charge on any atom is -0.394 e. The van der Waals surface area contributed by atoms with Crippen LogP contribution in [0.4, 0.5) is 5.95 Å². The van der Waals surface area contributed by atoms with E-state index < -0.39 is 38.4 Å². The smallest absolute Gasteiger partial charge is 0.394 e. The molecule has 1 fully saturated rings. The van der Waals surface area contributed by atoms with Crippen LogP contribution in [0.5, 0.6) is 0 Å². The molecule has 3 heterocycles. The number of phosphoric ester groups is 1. The second-order valence-electron chi connectivity index (χ2n) is 5.17. The molecule has 2 aromatic rings. The van der Waals surface area contributed by atoms with Crippen molar-refractivity contribution < 1.29 is 28.7 Å². The van der Waals surface area contributed by atoms with E-state index in [4.69, 9.17) is 14.5 Å². The van der Waals surface area contributed by atoms with Crippen LogP contribution in [0, 0.1) is 0 Å². The maximum atomic E-state index is 11.9. The fourth-order valence-corrected chi connectivity index (χ4v) is 3.15. The first-order valence-corrected chi connectivity index (χ1v) is 8.50. The van der Waals surface area contributed by atoms with E-state index in [1.165, 1.54) is 10.9 Å². The van der Waals surface area contributed by atoms with Gasteiger partial charge in [0.05, 0.1) is 12.9 Å². The van der Waals surface area contributed by atoms with Gasteiger partial charge in [-0.25, -0.2) is 9.55 Å². The molecule has 0 aromatic carbocycles. The molecule has 132 valence electrons. The van der Waals surface area contributed by atoms with Crippen molar-refractivity contribution in [2.75, 3.05) is 19.0 Å². The van der Waals surface area contributed by atoms with Crippen molar-refractivity contribution in [3.63, 3.8) is 0 Å². The SMILES string of the molecule is CNc1nc2c(ncn2[C@H]2C[C@H](OP(=O)(O)O)[C@@H](CO)O2)c(=O)[nH]1. The third-order valence-corrected chi connectivity index (χ3v) is 4.16. The van der Waals surface area contributed by atoms with Crippen molar-refractivity contribution in [1.82, 2.24) is 19.5 Å². The third-order valence-electron chi connectivity index (χ3n) is 3.61. The molecule has 0 unspecified atom stereocenters. The first-order valence-electron chi connectivity index (χ1n) is 6.97. The number of rotatable bonds is 5. The number of nitrogens with zero attached hydrogens (tertiary/aromatic N) is 3. The van der Waals surface area contributed by atoms with E-state index in [2.05, 4.69) is 24.8 Å². The summed E-state index contributed by atoms with van der Waals surface area (Å²) in [6.07, 6.45) is -1.30. The second-order valence-corrected chi connectivity index (χ2v) is 6.36. The largest absolute Gasteiger partial charge is 0.469 e. The van der Waals surface area contributed by atoms with E-state index in [-0.39, 0.29) is 23.5 Å². The molecule has 2 aromatic heterocycles. The van der Waals surface area contributed by atoms with E-state index in [1.54, 1.807) is 7.05 Å². The van der Waals surface area contributed by atoms with Crippen molar-refractivity contribution in [3.8, 4) is 0 Å². The fourth-order valence-electron chi connectivity index (χ4n) is 2.58. The zero-order valence-electron chi connectivity index (χ0n) is 12.5. The van der Waals surface area contributed by atoms with Gasteiger partial charge in [0.2, 0.25) is 5.95 Å². The molecule has 12 nitrogen and oxygen atoms in total. The molecule has 3 rings (SSSR count). The Balaban J connectivity index is 1.95. The van der Waals surface area contributed by atoms with Crippen LogP contribution in [0.2, 0.25) is 0 Å². The number of hydrogen-bond donors (Lipinski definition) is 5. The van der Waals surface area contributed by atoms with Gasteiger partial charge >= 0.3 is 7.82 Å². The third kappa shape index (κ3) is 3.20. The molecule has 1 saturated heterocycles. The van der Waals surface area contributed by atoms with Crippen LogP contribution in [-0.4, -0.2) is 60.3 Å². The standard InChI is InChI=1S/C11H16N5O7P/c1-12-11-14-9-8(10(18)15-11)13-4-16(9)7-2-5(6(3-17)22-7)23-24(19,20)21/h4-7,17H,2-3H2,1H3,(H2,19,20,21)(H2,12,14,15,18)/t5-,6+,7+/m0/s1. The topological polar surface area (TPSA) is 172 Å². The van der Waals surface area contributed by atoms with Gasteiger partial charge in [0, 0.05) is 13.5 Å². The van der Waals surface area contributed by atoms with Crippen LogP contribution >= 0.6 is 7.82 Å². The van der Waals surface area contributed by atoms with Crippen LogP contribution in [0.3, 0.4) is 0 Å². The van der Waals surface area contributed by atoms with Gasteiger partial charge in [0.1, 0.15) is 18.4 Å². The maximum Gasteiger partial charge on any atom is 0.469 e. The summed E-state index contributed by atoms with van der Waals surface area (Å²) >= 11 is 0. The zero-order valence-corrected chi connectivity index (χ0v) is 13.4. The number of hydrogen-bond acceptors (Lipinski definition) is 8. The lowest BCUT2D eigenvalue weighted by atomic mass is 10.2. The Kier molecular flexibility index (Phi) is 4.42. The molecular weight excluding hydrogens is 345 g/mol. The summed E-state index contributed by atoms with van der Waals surface area (Å²) in [6.45, 7) is -0.483. The second kappa shape index (κ2) is 6.24. The number of imidazole rings is 1. The Bertz CT molecular complexity index is 845. The minimum atomic E-state index is -4.73. The van der Waals surface area contributed by atoms with Gasteiger partial charge in [0.15, 0.2) is 11.2 Å². The summed E-state index contributed by atoms with van der Waals surface area (Å²) in [4.78, 5) is 40.5. The number of aliphatic hydroxyl groups is 1. The number of aliphatic hydroxyl groups excluding tert-OH is 1. The number of phosphoric acid groups is 1. The summed E-state index contributed by atoms with van der Waals surface area (Å²) in [7, 11) is -3.15. The summed E-state index contributed by atoms with van der Waals surface area (Å²) in [5.41, 5.74) is -0.109. The van der Waals surface area contributed by atoms with Gasteiger partial charge in [-0.2, -0.15) is 4.98 Å². The summed E-state index contributed by atoms with van der Waals surface area (Å²) in [6, 6.07) is 0. The number of aromatic amines is 1. The molecule has 3 atom stereocenters. The number of fused-ring (bicyclic) bond motifs is 1. The van der Waals surface area contributed by atoms with Crippen LogP contribution in [-0.2, 0) is 13.8 Å². The van der Waals surface area contributed by atoms with Crippen LogP contribution in [0.25, 0.3) is 11.2 Å². The van der Waals surface area contributed by atoms with Crippen molar-refractivity contribution in [2.45, 2.75) is 24.9 Å². The van der Waals surface area contributed by atoms with Crippen molar-refractivity contribution in [1.29, 1.82) is 0 Å². The summed E-state index contributed by atoms with van der Waals surface area (Å²) in [5, 5.41) is 12.0. The Morgan fingerprint density at radius 1 is 1.58 bits per heavy atom. The van der Waals surface area contributed by atoms with Crippen molar-refractivity contribution in [2.24, 2.45) is 0 Å². The molecule has 0 radical (unpaired) electrons. The number of aromatic nitrogens is 4. The Morgan fingerprint density at radius 3 is 2.96 bits per heavy atom. The highest BCUT2D eigenvalue weighted by molar-refractivity contribution is 7.46. The van der Waals surface area contributed by atoms with Gasteiger partial charge in [-0.15, -0.1) is 0 Å². The number of H-pyrrole nitrogens is 1. The van der Waals surface area contributed by atoms with Gasteiger partial charge in [-0.3, -0.25) is 18.9 Å². The van der Waals surface area contributed by atoms with Gasteiger partial charge in [0.25, 0.3) is 5.56 Å². The van der Waals surface area contributed by atoms with E-state index in [0.717, 1.165) is 0 Å². The zero-order chi connectivity index (χ0) is 17.5. The Morgan fingerprint density at radius 2 is 2.33 bits per heavy atom. The molecular formula is C11H16N5O7P. The van der Waals surface area contributed by atoms with Crippen LogP contribution < -0.4 is 10.9 Å². The van der Waals surface area contributed by atoms with Crippen molar-refractivity contribution >= 4 is 24.9 Å². The molecule has 0 spiro atoms. The fraction of sp³-hybridized carbons (Fsp3) is 0.545. The molecule has 1 aliphatic rings. The molecule has 1 aliphatic heterocycles. The molecule has 0 amide bonds. The first kappa shape index (κ1) is 17.0. The molecule has 5 N–H and O–H groups in total. The van der Waals surface area contributed by atoms with Crippen LogP contribution in [0.15, 0.2) is 11.1 Å². The van der Waals surface area contributed by atoms with E-state index in [0.29, 0.717) is 0 Å². The average molecular weight is 361 g/mol. The van der Waals surface area contributed by atoms with Crippen molar-refractivity contribution in [3.05, 3.63) is 16.7 Å². The van der Waals surface area contributed by atoms with Gasteiger partial charge in [-0.05, 0) is 0 Å². The lowest BCUT2D eigenvalue weighted by molar-refractivity contribution is -0.0425. The lowest BCUT2D eigenvalue weighted by Gasteiger charge is -2.16. The van der Waals surface area contributed by atoms with E-state index >= 15 is 0 Å². The quantitative estimate of drug-likeness (QED) is 0.412. The predicted octanol–water partition coefficient (Wildman–Crippen LogP) is -1.08. The highest BCUT2D eigenvalue weighted by Crippen LogP contribution is 2.43. The van der Waals surface area contributed by atoms with E-state index in [9.17, 15) is 14.5 Å². The van der Waals surface area contributed by atoms with Gasteiger partial charge < -0.3 is 24.9 Å².